The molecule has 0 spiro atoms. The van der Waals surface area contributed by atoms with Gasteiger partial charge in [-0.05, 0) is 13.8 Å². The highest BCUT2D eigenvalue weighted by Crippen LogP contribution is 2.21. The molecule has 1 heterocycles. The van der Waals surface area contributed by atoms with Gasteiger partial charge in [-0.15, -0.1) is 0 Å². The van der Waals surface area contributed by atoms with Crippen LogP contribution >= 0.6 is 0 Å². The summed E-state index contributed by atoms with van der Waals surface area (Å²) in [6.45, 7) is 4.08. The van der Waals surface area contributed by atoms with Gasteiger partial charge >= 0.3 is 0 Å². The molecule has 0 aromatic carbocycles. The maximum absolute atomic E-state index is 5.07. The van der Waals surface area contributed by atoms with Crippen LogP contribution < -0.4 is 0 Å². The van der Waals surface area contributed by atoms with Gasteiger partial charge in [0.05, 0.1) is 6.10 Å². The Morgan fingerprint density at radius 1 is 1.57 bits per heavy atom. The van der Waals surface area contributed by atoms with E-state index >= 15 is 0 Å². The topological polar surface area (TPSA) is 12.5 Å². The molecule has 1 rings (SSSR count). The second kappa shape index (κ2) is 1.66. The third-order valence-electron chi connectivity index (χ3n) is 1.14. The van der Waals surface area contributed by atoms with Crippen LogP contribution in [0, 0.1) is 0 Å². The van der Waals surface area contributed by atoms with Crippen molar-refractivity contribution in [2.75, 3.05) is 0 Å². The Morgan fingerprint density at radius 3 is 2.29 bits per heavy atom. The van der Waals surface area contributed by atoms with Crippen molar-refractivity contribution in [1.29, 1.82) is 0 Å². The molecule has 40 valence electrons. The summed E-state index contributed by atoms with van der Waals surface area (Å²) in [5.41, 5.74) is 0. The molecule has 2 unspecified atom stereocenters. The largest absolute Gasteiger partial charge is 0.365 e. The van der Waals surface area contributed by atoms with E-state index in [2.05, 4.69) is 13.0 Å². The summed E-state index contributed by atoms with van der Waals surface area (Å²) in [6.07, 6.45) is 5.01. The molecule has 1 saturated heterocycles. The van der Waals surface area contributed by atoms with Crippen LogP contribution in [0.1, 0.15) is 13.8 Å². The van der Waals surface area contributed by atoms with Crippen LogP contribution in [-0.4, -0.2) is 12.2 Å². The van der Waals surface area contributed by atoms with E-state index in [0.717, 1.165) is 0 Å². The van der Waals surface area contributed by atoms with Crippen LogP contribution in [0.15, 0.2) is 12.2 Å². The van der Waals surface area contributed by atoms with Crippen molar-refractivity contribution in [3.05, 3.63) is 12.2 Å². The van der Waals surface area contributed by atoms with Crippen molar-refractivity contribution in [3.8, 4) is 0 Å². The molecule has 1 nitrogen and oxygen atoms in total. The van der Waals surface area contributed by atoms with Crippen LogP contribution in [0.3, 0.4) is 0 Å². The zero-order valence-corrected chi connectivity index (χ0v) is 4.72. The zero-order valence-electron chi connectivity index (χ0n) is 4.72. The first-order chi connectivity index (χ1) is 3.34. The van der Waals surface area contributed by atoms with Crippen LogP contribution in [0.5, 0.6) is 0 Å². The maximum Gasteiger partial charge on any atom is 0.102 e. The highest BCUT2D eigenvalue weighted by molar-refractivity contribution is 4.98. The van der Waals surface area contributed by atoms with Gasteiger partial charge in [0.15, 0.2) is 0 Å². The normalized spacial score (nSPS) is 39.7. The Labute approximate surface area is 44.0 Å². The van der Waals surface area contributed by atoms with Crippen molar-refractivity contribution in [2.45, 2.75) is 26.1 Å². The number of epoxide rings is 1. The van der Waals surface area contributed by atoms with Crippen LogP contribution in [0.4, 0.5) is 0 Å². The molecule has 7 heavy (non-hydrogen) atoms. The molecule has 0 aromatic heterocycles. The quantitative estimate of drug-likeness (QED) is 0.356. The lowest BCUT2D eigenvalue weighted by atomic mass is 10.3. The van der Waals surface area contributed by atoms with Gasteiger partial charge in [-0.1, -0.05) is 12.2 Å². The second-order valence-corrected chi connectivity index (χ2v) is 1.83. The van der Waals surface area contributed by atoms with E-state index in [-0.39, 0.29) is 0 Å². The molecule has 0 saturated carbocycles. The molecule has 0 aromatic rings. The van der Waals surface area contributed by atoms with Gasteiger partial charge in [0.2, 0.25) is 0 Å². The lowest BCUT2D eigenvalue weighted by molar-refractivity contribution is 0.400. The predicted octanol–water partition coefficient (Wildman–Crippen LogP) is 1.35. The van der Waals surface area contributed by atoms with E-state index < -0.39 is 0 Å². The Balaban J connectivity index is 2.21. The summed E-state index contributed by atoms with van der Waals surface area (Å²) in [5.74, 6) is 0. The first-order valence-electron chi connectivity index (χ1n) is 2.63. The molecular formula is C6H10O. The van der Waals surface area contributed by atoms with Crippen molar-refractivity contribution in [3.63, 3.8) is 0 Å². The second-order valence-electron chi connectivity index (χ2n) is 1.83. The standard InChI is InChI=1S/C6H10O/c1-3-4-6-5(2)7-6/h3-6H,1-2H3/b4-3+. The number of allylic oxidation sites excluding steroid dienone is 1. The highest BCUT2D eigenvalue weighted by atomic mass is 16.6. The molecule has 0 radical (unpaired) electrons. The molecule has 1 aliphatic rings. The fraction of sp³-hybridized carbons (Fsp3) is 0.667. The van der Waals surface area contributed by atoms with Gasteiger partial charge in [-0.2, -0.15) is 0 Å². The molecule has 2 atom stereocenters. The van der Waals surface area contributed by atoms with E-state index in [1.54, 1.807) is 0 Å². The monoisotopic (exact) mass is 98.1 g/mol. The Morgan fingerprint density at radius 2 is 2.14 bits per heavy atom. The van der Waals surface area contributed by atoms with E-state index in [9.17, 15) is 0 Å². The average molecular weight is 98.1 g/mol. The molecule has 1 aliphatic heterocycles. The third-order valence-corrected chi connectivity index (χ3v) is 1.14. The zero-order chi connectivity index (χ0) is 5.28. The molecule has 0 aliphatic carbocycles. The molecule has 0 N–H and O–H groups in total. The lowest BCUT2D eigenvalue weighted by Gasteiger charge is -1.69. The molecule has 0 bridgehead atoms. The van der Waals surface area contributed by atoms with E-state index in [1.807, 2.05) is 13.0 Å². The number of ether oxygens (including phenoxy) is 1. The lowest BCUT2D eigenvalue weighted by Crippen LogP contribution is -1.78. The Kier molecular flexibility index (Phi) is 1.15. The first kappa shape index (κ1) is 4.85. The van der Waals surface area contributed by atoms with Crippen molar-refractivity contribution in [1.82, 2.24) is 0 Å². The highest BCUT2D eigenvalue weighted by Gasteiger charge is 2.30. The van der Waals surface area contributed by atoms with Gasteiger partial charge in [-0.25, -0.2) is 0 Å². The minimum atomic E-state index is 0.435. The van der Waals surface area contributed by atoms with Crippen molar-refractivity contribution >= 4 is 0 Å². The number of hydrogen-bond acceptors (Lipinski definition) is 1. The smallest absolute Gasteiger partial charge is 0.102 e. The van der Waals surface area contributed by atoms with Crippen molar-refractivity contribution in [2.24, 2.45) is 0 Å². The van der Waals surface area contributed by atoms with Gasteiger partial charge < -0.3 is 4.74 Å². The fourth-order valence-electron chi connectivity index (χ4n) is 0.594. The van der Waals surface area contributed by atoms with E-state index in [0.29, 0.717) is 12.2 Å². The fourth-order valence-corrected chi connectivity index (χ4v) is 0.594. The minimum absolute atomic E-state index is 0.435. The van der Waals surface area contributed by atoms with E-state index in [1.165, 1.54) is 0 Å². The minimum Gasteiger partial charge on any atom is -0.365 e. The third kappa shape index (κ3) is 1.03. The van der Waals surface area contributed by atoms with Gasteiger partial charge in [-0.3, -0.25) is 0 Å². The summed E-state index contributed by atoms with van der Waals surface area (Å²) in [7, 11) is 0. The molecule has 0 amide bonds. The predicted molar refractivity (Wildman–Crippen MR) is 29.1 cm³/mol. The molecule has 1 heteroatoms. The average Bonchev–Trinajstić information content (AvgIpc) is 2.22. The Bertz CT molecular complexity index is 86.2. The van der Waals surface area contributed by atoms with Gasteiger partial charge in [0.1, 0.15) is 6.10 Å². The Hall–Kier alpha value is -0.300. The maximum atomic E-state index is 5.07. The SMILES string of the molecule is C/C=C/C1OC1C. The summed E-state index contributed by atoms with van der Waals surface area (Å²) in [5, 5.41) is 0. The molecule has 1 fully saturated rings. The summed E-state index contributed by atoms with van der Waals surface area (Å²) < 4.78 is 5.07. The van der Waals surface area contributed by atoms with E-state index in [4.69, 9.17) is 4.74 Å². The van der Waals surface area contributed by atoms with Crippen LogP contribution in [0.2, 0.25) is 0 Å². The summed E-state index contributed by atoms with van der Waals surface area (Å²) in [6, 6.07) is 0. The van der Waals surface area contributed by atoms with Crippen LogP contribution in [-0.2, 0) is 4.74 Å². The number of hydrogen-bond donors (Lipinski definition) is 0. The van der Waals surface area contributed by atoms with Gasteiger partial charge in [0, 0.05) is 0 Å². The number of rotatable bonds is 1. The summed E-state index contributed by atoms with van der Waals surface area (Å²) in [4.78, 5) is 0. The van der Waals surface area contributed by atoms with Gasteiger partial charge in [0.25, 0.3) is 0 Å². The summed E-state index contributed by atoms with van der Waals surface area (Å²) >= 11 is 0. The van der Waals surface area contributed by atoms with Crippen LogP contribution in [0.25, 0.3) is 0 Å². The molecular weight excluding hydrogens is 88.1 g/mol. The van der Waals surface area contributed by atoms with Crippen molar-refractivity contribution < 1.29 is 4.74 Å². The first-order valence-corrected chi connectivity index (χ1v) is 2.63.